The molecule has 1 saturated heterocycles. The minimum Gasteiger partial charge on any atom is -0.338 e. The van der Waals surface area contributed by atoms with Gasteiger partial charge in [-0.3, -0.25) is 9.38 Å². The third-order valence-corrected chi connectivity index (χ3v) is 9.70. The predicted octanol–water partition coefficient (Wildman–Crippen LogP) is 4.72. The van der Waals surface area contributed by atoms with Crippen molar-refractivity contribution in [3.63, 3.8) is 0 Å². The standard InChI is InChI=1S/C28H22FN7O2S2/c29-20-5-1-4-19(18-20)25-26(36-16-17-39-28(36)33-25)23-9-11-31-27(32-23)34-12-14-35(15-13-34)40(37,38)24-8-2-7-22-21(24)6-3-10-30-22/h1-11,16-18H,12-15H2. The molecule has 0 N–H and O–H groups in total. The van der Waals surface area contributed by atoms with Crippen LogP contribution in [0.1, 0.15) is 0 Å². The Morgan fingerprint density at radius 1 is 0.875 bits per heavy atom. The van der Waals surface area contributed by atoms with Crippen molar-refractivity contribution in [3.8, 4) is 22.6 Å². The Kier molecular flexibility index (Phi) is 6.02. The van der Waals surface area contributed by atoms with E-state index in [0.717, 1.165) is 10.7 Å². The Morgan fingerprint density at radius 3 is 2.58 bits per heavy atom. The van der Waals surface area contributed by atoms with Crippen molar-refractivity contribution in [2.75, 3.05) is 31.1 Å². The van der Waals surface area contributed by atoms with Crippen molar-refractivity contribution in [3.05, 3.63) is 90.5 Å². The van der Waals surface area contributed by atoms with Crippen molar-refractivity contribution in [2.24, 2.45) is 0 Å². The number of imidazole rings is 1. The number of hydrogen-bond acceptors (Lipinski definition) is 8. The number of rotatable bonds is 5. The van der Waals surface area contributed by atoms with Crippen molar-refractivity contribution in [1.29, 1.82) is 0 Å². The molecule has 0 aliphatic carbocycles. The third kappa shape index (κ3) is 4.21. The first-order valence-corrected chi connectivity index (χ1v) is 14.9. The second-order valence-electron chi connectivity index (χ2n) is 9.33. The van der Waals surface area contributed by atoms with Gasteiger partial charge >= 0.3 is 0 Å². The second kappa shape index (κ2) is 9.73. The topological polar surface area (TPSA) is 96.6 Å². The SMILES string of the molecule is O=S(=O)(c1cccc2ncccc12)N1CCN(c2nccc(-c3c(-c4cccc(F)c4)nc4sccn34)n2)CC1. The van der Waals surface area contributed by atoms with Crippen molar-refractivity contribution >= 4 is 43.2 Å². The Labute approximate surface area is 233 Å². The van der Waals surface area contributed by atoms with Crippen LogP contribution in [-0.4, -0.2) is 63.2 Å². The summed E-state index contributed by atoms with van der Waals surface area (Å²) >= 11 is 1.49. The highest BCUT2D eigenvalue weighted by Gasteiger charge is 2.31. The molecule has 12 heteroatoms. The minimum absolute atomic E-state index is 0.259. The summed E-state index contributed by atoms with van der Waals surface area (Å²) < 4.78 is 44.6. The third-order valence-electron chi connectivity index (χ3n) is 6.99. The van der Waals surface area contributed by atoms with E-state index in [9.17, 15) is 12.8 Å². The van der Waals surface area contributed by atoms with Gasteiger partial charge in [0.2, 0.25) is 16.0 Å². The second-order valence-corrected chi connectivity index (χ2v) is 12.1. The lowest BCUT2D eigenvalue weighted by Gasteiger charge is -2.34. The van der Waals surface area contributed by atoms with Gasteiger partial charge < -0.3 is 4.90 Å². The number of fused-ring (bicyclic) bond motifs is 2. The van der Waals surface area contributed by atoms with E-state index in [1.807, 2.05) is 33.0 Å². The summed E-state index contributed by atoms with van der Waals surface area (Å²) in [6, 6.07) is 16.8. The number of hydrogen-bond donors (Lipinski definition) is 0. The van der Waals surface area contributed by atoms with Crippen LogP contribution in [0.5, 0.6) is 0 Å². The zero-order valence-corrected chi connectivity index (χ0v) is 22.7. The molecule has 5 heterocycles. The van der Waals surface area contributed by atoms with Crippen LogP contribution in [-0.2, 0) is 10.0 Å². The van der Waals surface area contributed by atoms with Crippen LogP contribution in [0.4, 0.5) is 10.3 Å². The molecular formula is C28H22FN7O2S2. The van der Waals surface area contributed by atoms with Crippen LogP contribution in [0.3, 0.4) is 0 Å². The van der Waals surface area contributed by atoms with E-state index in [-0.39, 0.29) is 10.7 Å². The molecule has 40 heavy (non-hydrogen) atoms. The molecule has 0 amide bonds. The van der Waals surface area contributed by atoms with Gasteiger partial charge in [0.25, 0.3) is 0 Å². The maximum atomic E-state index is 14.1. The van der Waals surface area contributed by atoms with E-state index in [1.165, 1.54) is 27.8 Å². The average Bonchev–Trinajstić information content (AvgIpc) is 3.59. The smallest absolute Gasteiger partial charge is 0.243 e. The van der Waals surface area contributed by atoms with Gasteiger partial charge in [-0.15, -0.1) is 11.3 Å². The van der Waals surface area contributed by atoms with E-state index in [4.69, 9.17) is 9.97 Å². The Hall–Kier alpha value is -4.26. The van der Waals surface area contributed by atoms with Gasteiger partial charge in [0.15, 0.2) is 4.96 Å². The average molecular weight is 572 g/mol. The first-order valence-electron chi connectivity index (χ1n) is 12.6. The molecule has 9 nitrogen and oxygen atoms in total. The summed E-state index contributed by atoms with van der Waals surface area (Å²) in [5.41, 5.74) is 3.33. The first-order chi connectivity index (χ1) is 19.5. The molecule has 0 unspecified atom stereocenters. The van der Waals surface area contributed by atoms with Crippen LogP contribution < -0.4 is 4.90 Å². The van der Waals surface area contributed by atoms with Gasteiger partial charge in [-0.2, -0.15) is 4.31 Å². The Morgan fingerprint density at radius 2 is 1.73 bits per heavy atom. The molecule has 2 aromatic carbocycles. The maximum Gasteiger partial charge on any atom is 0.243 e. The number of halogens is 1. The summed E-state index contributed by atoms with van der Waals surface area (Å²) in [7, 11) is -3.71. The molecule has 1 aliphatic heterocycles. The molecule has 1 aliphatic rings. The molecule has 200 valence electrons. The summed E-state index contributed by atoms with van der Waals surface area (Å²) in [5.74, 6) is 0.162. The zero-order valence-electron chi connectivity index (χ0n) is 21.1. The predicted molar refractivity (Wildman–Crippen MR) is 152 cm³/mol. The lowest BCUT2D eigenvalue weighted by Crippen LogP contribution is -2.49. The normalized spacial score (nSPS) is 14.8. The lowest BCUT2D eigenvalue weighted by atomic mass is 10.1. The van der Waals surface area contributed by atoms with Crippen LogP contribution in [0.25, 0.3) is 38.5 Å². The fourth-order valence-electron chi connectivity index (χ4n) is 5.07. The highest BCUT2D eigenvalue weighted by Crippen LogP contribution is 2.34. The van der Waals surface area contributed by atoms with E-state index in [0.29, 0.717) is 60.0 Å². The van der Waals surface area contributed by atoms with Crippen molar-refractivity contribution in [2.45, 2.75) is 4.90 Å². The number of thiazole rings is 1. The monoisotopic (exact) mass is 571 g/mol. The van der Waals surface area contributed by atoms with E-state index >= 15 is 0 Å². The van der Waals surface area contributed by atoms with Crippen LogP contribution in [0.2, 0.25) is 0 Å². The number of anilines is 1. The number of piperazine rings is 1. The molecule has 0 bridgehead atoms. The molecule has 0 radical (unpaired) electrons. The van der Waals surface area contributed by atoms with Gasteiger partial charge in [0.1, 0.15) is 11.5 Å². The number of pyridine rings is 1. The highest BCUT2D eigenvalue weighted by molar-refractivity contribution is 7.89. The summed E-state index contributed by atoms with van der Waals surface area (Å²) in [4.78, 5) is 21.4. The van der Waals surface area contributed by atoms with Crippen molar-refractivity contribution in [1.82, 2.24) is 28.6 Å². The molecule has 6 aromatic rings. The largest absolute Gasteiger partial charge is 0.338 e. The maximum absolute atomic E-state index is 14.1. The Balaban J connectivity index is 1.17. The minimum atomic E-state index is -3.71. The molecule has 0 spiro atoms. The fourth-order valence-corrected chi connectivity index (χ4v) is 7.41. The number of aromatic nitrogens is 5. The zero-order chi connectivity index (χ0) is 27.3. The molecule has 0 atom stereocenters. The molecule has 4 aromatic heterocycles. The van der Waals surface area contributed by atoms with E-state index < -0.39 is 10.0 Å². The molecular weight excluding hydrogens is 549 g/mol. The van der Waals surface area contributed by atoms with Crippen LogP contribution in [0, 0.1) is 5.82 Å². The van der Waals surface area contributed by atoms with Crippen molar-refractivity contribution < 1.29 is 12.8 Å². The summed E-state index contributed by atoms with van der Waals surface area (Å²) in [6.45, 7) is 1.45. The summed E-state index contributed by atoms with van der Waals surface area (Å²) in [6.07, 6.45) is 5.25. The van der Waals surface area contributed by atoms with Gasteiger partial charge in [-0.1, -0.05) is 18.2 Å². The van der Waals surface area contributed by atoms with Gasteiger partial charge in [-0.05, 0) is 42.5 Å². The van der Waals surface area contributed by atoms with E-state index in [1.54, 1.807) is 48.8 Å². The molecule has 1 fully saturated rings. The number of sulfonamides is 1. The van der Waals surface area contributed by atoms with E-state index in [2.05, 4.69) is 9.97 Å². The molecule has 7 rings (SSSR count). The summed E-state index contributed by atoms with van der Waals surface area (Å²) in [5, 5.41) is 2.55. The number of nitrogens with zero attached hydrogens (tertiary/aromatic N) is 7. The number of benzene rings is 2. The Bertz CT molecular complexity index is 1980. The van der Waals surface area contributed by atoms with Crippen LogP contribution in [0.15, 0.2) is 89.5 Å². The van der Waals surface area contributed by atoms with Gasteiger partial charge in [0.05, 0.1) is 21.8 Å². The fraction of sp³-hybridized carbons (Fsp3) is 0.143. The first kappa shape index (κ1) is 24.8. The highest BCUT2D eigenvalue weighted by atomic mass is 32.2. The quantitative estimate of drug-likeness (QED) is 0.296. The van der Waals surface area contributed by atoms with Crippen LogP contribution >= 0.6 is 11.3 Å². The van der Waals surface area contributed by atoms with Gasteiger partial charge in [0, 0.05) is 61.1 Å². The van der Waals surface area contributed by atoms with Gasteiger partial charge in [-0.25, -0.2) is 27.8 Å². The lowest BCUT2D eigenvalue weighted by molar-refractivity contribution is 0.383. The molecule has 0 saturated carbocycles.